The maximum atomic E-state index is 12.8. The van der Waals surface area contributed by atoms with Crippen molar-refractivity contribution in [2.24, 2.45) is 0 Å². The Labute approximate surface area is 170 Å². The van der Waals surface area contributed by atoms with Crippen LogP contribution < -0.4 is 14.8 Å². The predicted octanol–water partition coefficient (Wildman–Crippen LogP) is 3.64. The molecule has 1 aliphatic rings. The molecule has 2 aromatic carbocycles. The molecule has 0 unspecified atom stereocenters. The highest BCUT2D eigenvalue weighted by atomic mass is 16.5. The molecule has 1 aromatic heterocycles. The topological polar surface area (TPSA) is 63.7 Å². The van der Waals surface area contributed by atoms with Crippen molar-refractivity contribution in [1.29, 1.82) is 0 Å². The number of hydrogen-bond donors (Lipinski definition) is 1. The van der Waals surface area contributed by atoms with Gasteiger partial charge in [-0.2, -0.15) is 0 Å². The Kier molecular flexibility index (Phi) is 5.51. The van der Waals surface area contributed by atoms with Gasteiger partial charge in [-0.3, -0.25) is 9.78 Å². The van der Waals surface area contributed by atoms with Gasteiger partial charge < -0.3 is 19.7 Å². The summed E-state index contributed by atoms with van der Waals surface area (Å²) in [5.74, 6) is 1.58. The van der Waals surface area contributed by atoms with Crippen molar-refractivity contribution in [3.63, 3.8) is 0 Å². The van der Waals surface area contributed by atoms with Gasteiger partial charge in [-0.05, 0) is 41.8 Å². The van der Waals surface area contributed by atoms with Crippen LogP contribution in [0.4, 0.5) is 5.69 Å². The second-order valence-electron chi connectivity index (χ2n) is 7.10. The fourth-order valence-electron chi connectivity index (χ4n) is 3.81. The SMILES string of the molecule is COc1cc2c(cc1OC)CN(C(=O)CCNc1cccc3cccnc13)CC2. The van der Waals surface area contributed by atoms with Crippen molar-refractivity contribution in [3.05, 3.63) is 59.8 Å². The largest absolute Gasteiger partial charge is 0.493 e. The molecule has 0 saturated heterocycles. The molecule has 6 nitrogen and oxygen atoms in total. The smallest absolute Gasteiger partial charge is 0.224 e. The summed E-state index contributed by atoms with van der Waals surface area (Å²) in [6.07, 6.45) is 3.04. The molecule has 3 aromatic rings. The number of amides is 1. The zero-order chi connectivity index (χ0) is 20.2. The number of rotatable bonds is 6. The van der Waals surface area contributed by atoms with E-state index in [0.717, 1.165) is 40.9 Å². The molecule has 1 N–H and O–H groups in total. The molecule has 0 bridgehead atoms. The van der Waals surface area contributed by atoms with Crippen LogP contribution in [-0.2, 0) is 17.8 Å². The van der Waals surface area contributed by atoms with Crippen molar-refractivity contribution in [3.8, 4) is 11.5 Å². The molecule has 2 heterocycles. The second kappa shape index (κ2) is 8.39. The van der Waals surface area contributed by atoms with E-state index in [9.17, 15) is 4.79 Å². The molecule has 0 spiro atoms. The number of aromatic nitrogens is 1. The number of benzene rings is 2. The second-order valence-corrected chi connectivity index (χ2v) is 7.10. The number of nitrogens with zero attached hydrogens (tertiary/aromatic N) is 2. The van der Waals surface area contributed by atoms with E-state index >= 15 is 0 Å². The normalized spacial score (nSPS) is 13.1. The number of para-hydroxylation sites is 1. The summed E-state index contributed by atoms with van der Waals surface area (Å²) >= 11 is 0. The first-order chi connectivity index (χ1) is 14.2. The Morgan fingerprint density at radius 2 is 1.86 bits per heavy atom. The third kappa shape index (κ3) is 3.97. The van der Waals surface area contributed by atoms with E-state index in [2.05, 4.69) is 10.3 Å². The molecule has 0 radical (unpaired) electrons. The summed E-state index contributed by atoms with van der Waals surface area (Å²) in [5.41, 5.74) is 4.22. The van der Waals surface area contributed by atoms with Gasteiger partial charge >= 0.3 is 0 Å². The van der Waals surface area contributed by atoms with Crippen molar-refractivity contribution < 1.29 is 14.3 Å². The number of nitrogens with one attached hydrogen (secondary N) is 1. The minimum Gasteiger partial charge on any atom is -0.493 e. The Morgan fingerprint density at radius 3 is 2.66 bits per heavy atom. The number of hydrogen-bond acceptors (Lipinski definition) is 5. The predicted molar refractivity (Wildman–Crippen MR) is 114 cm³/mol. The number of pyridine rings is 1. The maximum Gasteiger partial charge on any atom is 0.224 e. The number of carbonyl (C=O) groups is 1. The third-order valence-corrected chi connectivity index (χ3v) is 5.36. The minimum atomic E-state index is 0.145. The quantitative estimate of drug-likeness (QED) is 0.695. The molecule has 0 fully saturated rings. The van der Waals surface area contributed by atoms with Crippen LogP contribution in [0, 0.1) is 0 Å². The Bertz CT molecular complexity index is 1030. The van der Waals surface area contributed by atoms with E-state index in [-0.39, 0.29) is 5.91 Å². The Balaban J connectivity index is 1.38. The van der Waals surface area contributed by atoms with Crippen LogP contribution in [0.2, 0.25) is 0 Å². The molecule has 0 atom stereocenters. The fraction of sp³-hybridized carbons (Fsp3) is 0.304. The molecular weight excluding hydrogens is 366 g/mol. The van der Waals surface area contributed by atoms with Crippen molar-refractivity contribution >= 4 is 22.5 Å². The summed E-state index contributed by atoms with van der Waals surface area (Å²) in [4.78, 5) is 19.1. The van der Waals surface area contributed by atoms with E-state index < -0.39 is 0 Å². The van der Waals surface area contributed by atoms with Crippen LogP contribution in [0.3, 0.4) is 0 Å². The van der Waals surface area contributed by atoms with Crippen LogP contribution in [0.25, 0.3) is 10.9 Å². The van der Waals surface area contributed by atoms with Gasteiger partial charge in [0.2, 0.25) is 5.91 Å². The van der Waals surface area contributed by atoms with E-state index in [1.807, 2.05) is 47.4 Å². The first-order valence-electron chi connectivity index (χ1n) is 9.79. The van der Waals surface area contributed by atoms with Gasteiger partial charge in [0.25, 0.3) is 0 Å². The van der Waals surface area contributed by atoms with Gasteiger partial charge in [-0.15, -0.1) is 0 Å². The minimum absolute atomic E-state index is 0.145. The fourth-order valence-corrected chi connectivity index (χ4v) is 3.81. The zero-order valence-electron chi connectivity index (χ0n) is 16.8. The first kappa shape index (κ1) is 19.1. The van der Waals surface area contributed by atoms with Crippen LogP contribution in [-0.4, -0.2) is 43.1 Å². The third-order valence-electron chi connectivity index (χ3n) is 5.36. The zero-order valence-corrected chi connectivity index (χ0v) is 16.8. The summed E-state index contributed by atoms with van der Waals surface area (Å²) in [6.45, 7) is 1.89. The molecule has 1 aliphatic heterocycles. The Morgan fingerprint density at radius 1 is 1.10 bits per heavy atom. The molecule has 6 heteroatoms. The highest BCUT2D eigenvalue weighted by Gasteiger charge is 2.22. The Hall–Kier alpha value is -3.28. The number of fused-ring (bicyclic) bond motifs is 2. The highest BCUT2D eigenvalue weighted by Crippen LogP contribution is 2.33. The lowest BCUT2D eigenvalue weighted by Gasteiger charge is -2.29. The summed E-state index contributed by atoms with van der Waals surface area (Å²) < 4.78 is 10.8. The lowest BCUT2D eigenvalue weighted by Crippen LogP contribution is -2.36. The number of carbonyl (C=O) groups excluding carboxylic acids is 1. The van der Waals surface area contributed by atoms with Gasteiger partial charge in [0.1, 0.15) is 0 Å². The first-order valence-corrected chi connectivity index (χ1v) is 9.79. The van der Waals surface area contributed by atoms with Gasteiger partial charge in [0.05, 0.1) is 25.4 Å². The van der Waals surface area contributed by atoms with E-state index in [4.69, 9.17) is 9.47 Å². The number of anilines is 1. The van der Waals surface area contributed by atoms with Crippen LogP contribution in [0.15, 0.2) is 48.7 Å². The van der Waals surface area contributed by atoms with Gasteiger partial charge in [0, 0.05) is 37.6 Å². The van der Waals surface area contributed by atoms with Crippen molar-refractivity contribution in [2.45, 2.75) is 19.4 Å². The molecule has 0 aliphatic carbocycles. The molecule has 29 heavy (non-hydrogen) atoms. The molecule has 1 amide bonds. The monoisotopic (exact) mass is 391 g/mol. The van der Waals surface area contributed by atoms with Gasteiger partial charge in [0.15, 0.2) is 11.5 Å². The molecular formula is C23H25N3O3. The van der Waals surface area contributed by atoms with Crippen molar-refractivity contribution in [1.82, 2.24) is 9.88 Å². The van der Waals surface area contributed by atoms with E-state index in [1.165, 1.54) is 5.56 Å². The number of ether oxygens (including phenoxy) is 2. The average molecular weight is 391 g/mol. The van der Waals surface area contributed by atoms with E-state index in [1.54, 1.807) is 20.4 Å². The lowest BCUT2D eigenvalue weighted by atomic mass is 9.98. The maximum absolute atomic E-state index is 12.8. The van der Waals surface area contributed by atoms with Crippen molar-refractivity contribution in [2.75, 3.05) is 32.6 Å². The van der Waals surface area contributed by atoms with Crippen LogP contribution >= 0.6 is 0 Å². The van der Waals surface area contributed by atoms with Crippen LogP contribution in [0.5, 0.6) is 11.5 Å². The molecule has 150 valence electrons. The average Bonchev–Trinajstić information content (AvgIpc) is 2.77. The number of methoxy groups -OCH3 is 2. The highest BCUT2D eigenvalue weighted by molar-refractivity contribution is 5.90. The standard InChI is InChI=1S/C23H25N3O3/c1-28-20-13-17-9-12-26(15-18(17)14-21(20)29-2)22(27)8-11-24-19-7-3-5-16-6-4-10-25-23(16)19/h3-7,10,13-14,24H,8-9,11-12,15H2,1-2H3. The summed E-state index contributed by atoms with van der Waals surface area (Å²) in [6, 6.07) is 14.0. The van der Waals surface area contributed by atoms with Gasteiger partial charge in [-0.1, -0.05) is 18.2 Å². The summed E-state index contributed by atoms with van der Waals surface area (Å²) in [5, 5.41) is 4.45. The summed E-state index contributed by atoms with van der Waals surface area (Å²) in [7, 11) is 3.27. The lowest BCUT2D eigenvalue weighted by molar-refractivity contribution is -0.131. The molecule has 4 rings (SSSR count). The molecule has 0 saturated carbocycles. The van der Waals surface area contributed by atoms with Crippen LogP contribution in [0.1, 0.15) is 17.5 Å². The van der Waals surface area contributed by atoms with E-state index in [0.29, 0.717) is 25.3 Å². The van der Waals surface area contributed by atoms with Gasteiger partial charge in [-0.25, -0.2) is 0 Å².